The zero-order valence-corrected chi connectivity index (χ0v) is 23.6. The monoisotopic (exact) mass is 519 g/mol. The second kappa shape index (κ2) is 15.4. The molecule has 198 valence electrons. The van der Waals surface area contributed by atoms with Gasteiger partial charge in [-0.2, -0.15) is 10.5 Å². The third-order valence-electron chi connectivity index (χ3n) is 6.64. The van der Waals surface area contributed by atoms with E-state index in [1.807, 2.05) is 12.1 Å². The van der Waals surface area contributed by atoms with Crippen molar-refractivity contribution < 1.29 is 9.47 Å². The highest BCUT2D eigenvalue weighted by molar-refractivity contribution is 7.99. The SMILES string of the molecule is CCCCCCCOc1c(C#N)c(C#N)c(OCCCCCCC)c2c1Sc1ccccc1N2CCC. The Balaban J connectivity index is 2.04. The van der Waals surface area contributed by atoms with Crippen LogP contribution in [-0.2, 0) is 0 Å². The van der Waals surface area contributed by atoms with E-state index in [-0.39, 0.29) is 5.56 Å². The Bertz CT molecular complexity index is 1100. The molecule has 1 aliphatic rings. The number of anilines is 2. The summed E-state index contributed by atoms with van der Waals surface area (Å²) >= 11 is 1.62. The standard InChI is InChI=1S/C31H41N3O2S/c1-4-7-9-11-15-20-35-29-24(22-32)25(23-33)30(36-21-16-12-10-8-5-2)31-28(29)34(19-6-3)26-17-13-14-18-27(26)37-31/h13-14,17-18H,4-12,15-16,19-21H2,1-3H3. The highest BCUT2D eigenvalue weighted by atomic mass is 32.2. The van der Waals surface area contributed by atoms with Crippen molar-refractivity contribution in [2.24, 2.45) is 0 Å². The first-order chi connectivity index (χ1) is 18.2. The average Bonchev–Trinajstić information content (AvgIpc) is 2.92. The summed E-state index contributed by atoms with van der Waals surface area (Å²) < 4.78 is 12.7. The molecular weight excluding hydrogens is 478 g/mol. The molecule has 1 aliphatic heterocycles. The fourth-order valence-corrected chi connectivity index (χ4v) is 5.92. The van der Waals surface area contributed by atoms with E-state index >= 15 is 0 Å². The molecule has 0 aromatic heterocycles. The maximum atomic E-state index is 10.2. The van der Waals surface area contributed by atoms with Gasteiger partial charge < -0.3 is 14.4 Å². The third-order valence-corrected chi connectivity index (χ3v) is 7.79. The summed E-state index contributed by atoms with van der Waals surface area (Å²) in [6.07, 6.45) is 12.2. The molecule has 0 unspecified atom stereocenters. The highest BCUT2D eigenvalue weighted by Crippen LogP contribution is 2.57. The van der Waals surface area contributed by atoms with Gasteiger partial charge in [0.15, 0.2) is 11.5 Å². The van der Waals surface area contributed by atoms with Crippen LogP contribution in [0.3, 0.4) is 0 Å². The minimum Gasteiger partial charge on any atom is -0.491 e. The fourth-order valence-electron chi connectivity index (χ4n) is 4.71. The van der Waals surface area contributed by atoms with Crippen molar-refractivity contribution in [3.8, 4) is 23.6 Å². The summed E-state index contributed by atoms with van der Waals surface area (Å²) in [5.74, 6) is 1.05. The van der Waals surface area contributed by atoms with Gasteiger partial charge >= 0.3 is 0 Å². The van der Waals surface area contributed by atoms with Crippen molar-refractivity contribution in [1.82, 2.24) is 0 Å². The molecule has 0 radical (unpaired) electrons. The van der Waals surface area contributed by atoms with Gasteiger partial charge in [-0.25, -0.2) is 0 Å². The normalized spacial score (nSPS) is 11.9. The quantitative estimate of drug-likeness (QED) is 0.206. The van der Waals surface area contributed by atoms with E-state index in [1.165, 1.54) is 38.5 Å². The van der Waals surface area contributed by atoms with Gasteiger partial charge in [0.05, 0.1) is 23.8 Å². The minimum absolute atomic E-state index is 0.289. The molecule has 0 spiro atoms. The Morgan fingerprint density at radius 2 is 1.30 bits per heavy atom. The summed E-state index contributed by atoms with van der Waals surface area (Å²) in [5, 5.41) is 20.4. The molecule has 0 aliphatic carbocycles. The second-order valence-electron chi connectivity index (χ2n) is 9.56. The van der Waals surface area contributed by atoms with Crippen LogP contribution >= 0.6 is 11.8 Å². The van der Waals surface area contributed by atoms with Crippen LogP contribution in [0, 0.1) is 22.7 Å². The van der Waals surface area contributed by atoms with Crippen LogP contribution in [0.1, 0.15) is 103 Å². The van der Waals surface area contributed by atoms with Gasteiger partial charge in [0.2, 0.25) is 0 Å². The molecule has 2 aromatic rings. The van der Waals surface area contributed by atoms with E-state index in [0.717, 1.165) is 59.8 Å². The predicted octanol–water partition coefficient (Wildman–Crippen LogP) is 9.14. The van der Waals surface area contributed by atoms with Gasteiger partial charge in [-0.15, -0.1) is 0 Å². The first kappa shape index (κ1) is 28.7. The van der Waals surface area contributed by atoms with Crippen LogP contribution in [-0.4, -0.2) is 19.8 Å². The molecular formula is C31H41N3O2S. The van der Waals surface area contributed by atoms with Crippen molar-refractivity contribution in [3.63, 3.8) is 0 Å². The molecule has 6 heteroatoms. The van der Waals surface area contributed by atoms with Crippen molar-refractivity contribution in [2.75, 3.05) is 24.7 Å². The average molecular weight is 520 g/mol. The fraction of sp³-hybridized carbons (Fsp3) is 0.548. The van der Waals surface area contributed by atoms with Crippen LogP contribution in [0.2, 0.25) is 0 Å². The number of nitrogens with zero attached hydrogens (tertiary/aromatic N) is 3. The molecule has 0 saturated carbocycles. The highest BCUT2D eigenvalue weighted by Gasteiger charge is 2.34. The summed E-state index contributed by atoms with van der Waals surface area (Å²) in [7, 11) is 0. The predicted molar refractivity (Wildman–Crippen MR) is 152 cm³/mol. The van der Waals surface area contributed by atoms with E-state index in [2.05, 4.69) is 49.9 Å². The van der Waals surface area contributed by atoms with E-state index < -0.39 is 0 Å². The molecule has 0 amide bonds. The van der Waals surface area contributed by atoms with Crippen LogP contribution in [0.25, 0.3) is 0 Å². The lowest BCUT2D eigenvalue weighted by atomic mass is 10.0. The second-order valence-corrected chi connectivity index (χ2v) is 10.6. The van der Waals surface area contributed by atoms with Gasteiger partial charge in [0, 0.05) is 11.4 Å². The number of rotatable bonds is 16. The summed E-state index contributed by atoms with van der Waals surface area (Å²) in [6.45, 7) is 8.41. The van der Waals surface area contributed by atoms with E-state index in [0.29, 0.717) is 30.3 Å². The first-order valence-electron chi connectivity index (χ1n) is 14.1. The van der Waals surface area contributed by atoms with Crippen molar-refractivity contribution in [1.29, 1.82) is 10.5 Å². The Morgan fingerprint density at radius 1 is 0.730 bits per heavy atom. The number of benzene rings is 2. The Labute approximate surface area is 227 Å². The molecule has 0 atom stereocenters. The van der Waals surface area contributed by atoms with Crippen molar-refractivity contribution in [3.05, 3.63) is 35.4 Å². The molecule has 37 heavy (non-hydrogen) atoms. The largest absolute Gasteiger partial charge is 0.491 e. The van der Waals surface area contributed by atoms with E-state index in [1.54, 1.807) is 11.8 Å². The van der Waals surface area contributed by atoms with Crippen LogP contribution < -0.4 is 14.4 Å². The molecule has 0 bridgehead atoms. The number of para-hydroxylation sites is 1. The number of fused-ring (bicyclic) bond motifs is 2. The smallest absolute Gasteiger partial charge is 0.163 e. The molecule has 5 nitrogen and oxygen atoms in total. The van der Waals surface area contributed by atoms with Gasteiger partial charge in [-0.1, -0.05) is 96.0 Å². The van der Waals surface area contributed by atoms with E-state index in [9.17, 15) is 10.5 Å². The molecule has 1 heterocycles. The van der Waals surface area contributed by atoms with Crippen LogP contribution in [0.5, 0.6) is 11.5 Å². The number of unbranched alkanes of at least 4 members (excludes halogenated alkanes) is 8. The number of hydrogen-bond donors (Lipinski definition) is 0. The van der Waals surface area contributed by atoms with Crippen molar-refractivity contribution in [2.45, 2.75) is 101 Å². The van der Waals surface area contributed by atoms with Crippen LogP contribution in [0.15, 0.2) is 34.1 Å². The minimum atomic E-state index is 0.289. The Kier molecular flexibility index (Phi) is 12.0. The summed E-state index contributed by atoms with van der Waals surface area (Å²) in [6, 6.07) is 12.9. The number of hydrogen-bond acceptors (Lipinski definition) is 6. The summed E-state index contributed by atoms with van der Waals surface area (Å²) in [4.78, 5) is 4.26. The van der Waals surface area contributed by atoms with E-state index in [4.69, 9.17) is 9.47 Å². The number of nitriles is 2. The maximum Gasteiger partial charge on any atom is 0.163 e. The molecule has 3 rings (SSSR count). The van der Waals surface area contributed by atoms with Gasteiger partial charge in [-0.05, 0) is 31.4 Å². The van der Waals surface area contributed by atoms with Gasteiger partial charge in [0.1, 0.15) is 29.0 Å². The lowest BCUT2D eigenvalue weighted by Crippen LogP contribution is -2.24. The topological polar surface area (TPSA) is 69.3 Å². The lowest BCUT2D eigenvalue weighted by Gasteiger charge is -2.35. The van der Waals surface area contributed by atoms with Crippen molar-refractivity contribution >= 4 is 23.1 Å². The molecule has 0 saturated heterocycles. The van der Waals surface area contributed by atoms with Gasteiger partial charge in [0.25, 0.3) is 0 Å². The van der Waals surface area contributed by atoms with Crippen LogP contribution in [0.4, 0.5) is 11.4 Å². The molecule has 0 fully saturated rings. The third kappa shape index (κ3) is 7.14. The zero-order valence-electron chi connectivity index (χ0n) is 22.8. The first-order valence-corrected chi connectivity index (χ1v) is 14.9. The summed E-state index contributed by atoms with van der Waals surface area (Å²) in [5.41, 5.74) is 2.56. The Hall–Kier alpha value is -2.83. The molecule has 0 N–H and O–H groups in total. The zero-order chi connectivity index (χ0) is 26.5. The molecule has 2 aromatic carbocycles. The maximum absolute atomic E-state index is 10.2. The van der Waals surface area contributed by atoms with Gasteiger partial charge in [-0.3, -0.25) is 0 Å². The lowest BCUT2D eigenvalue weighted by molar-refractivity contribution is 0.289. The number of ether oxygens (including phenoxy) is 2. The Morgan fingerprint density at radius 3 is 1.89 bits per heavy atom.